The Morgan fingerprint density at radius 1 is 1.50 bits per heavy atom. The molecular formula is C8H15N5O. The third-order valence-electron chi connectivity index (χ3n) is 1.66. The van der Waals surface area contributed by atoms with Gasteiger partial charge in [0.2, 0.25) is 5.95 Å². The van der Waals surface area contributed by atoms with Gasteiger partial charge in [-0.25, -0.2) is 0 Å². The SMILES string of the molecule is CC(C)CNc1nc(N)c(N)c(=O)[nH]1. The monoisotopic (exact) mass is 197 g/mol. The lowest BCUT2D eigenvalue weighted by Crippen LogP contribution is -2.20. The molecule has 0 unspecified atom stereocenters. The number of rotatable bonds is 3. The van der Waals surface area contributed by atoms with Crippen molar-refractivity contribution in [3.05, 3.63) is 10.4 Å². The third-order valence-corrected chi connectivity index (χ3v) is 1.66. The summed E-state index contributed by atoms with van der Waals surface area (Å²) in [4.78, 5) is 17.5. The Morgan fingerprint density at radius 2 is 2.14 bits per heavy atom. The first-order valence-corrected chi connectivity index (χ1v) is 4.40. The van der Waals surface area contributed by atoms with Crippen LogP contribution in [0.4, 0.5) is 17.5 Å². The Morgan fingerprint density at radius 3 is 2.64 bits per heavy atom. The number of nitrogens with two attached hydrogens (primary N) is 2. The predicted molar refractivity (Wildman–Crippen MR) is 57.0 cm³/mol. The lowest BCUT2D eigenvalue weighted by atomic mass is 10.2. The van der Waals surface area contributed by atoms with E-state index in [-0.39, 0.29) is 11.5 Å². The molecule has 0 fully saturated rings. The standard InChI is InChI=1S/C8H15N5O/c1-4(2)3-11-8-12-6(10)5(9)7(14)13-8/h4H,3,9H2,1-2H3,(H4,10,11,12,13,14). The molecule has 0 saturated carbocycles. The second kappa shape index (κ2) is 3.99. The van der Waals surface area contributed by atoms with E-state index in [1.54, 1.807) is 0 Å². The molecule has 6 nitrogen and oxygen atoms in total. The van der Waals surface area contributed by atoms with E-state index in [1.807, 2.05) is 13.8 Å². The van der Waals surface area contributed by atoms with Crippen molar-refractivity contribution in [1.29, 1.82) is 0 Å². The molecule has 78 valence electrons. The van der Waals surface area contributed by atoms with Gasteiger partial charge >= 0.3 is 0 Å². The molecule has 1 aromatic heterocycles. The highest BCUT2D eigenvalue weighted by molar-refractivity contribution is 5.58. The van der Waals surface area contributed by atoms with Crippen LogP contribution in [0.2, 0.25) is 0 Å². The van der Waals surface area contributed by atoms with Gasteiger partial charge in [0.15, 0.2) is 5.82 Å². The number of H-pyrrole nitrogens is 1. The highest BCUT2D eigenvalue weighted by atomic mass is 16.1. The van der Waals surface area contributed by atoms with E-state index in [1.165, 1.54) is 0 Å². The molecule has 0 atom stereocenters. The largest absolute Gasteiger partial charge is 0.391 e. The molecule has 1 aromatic rings. The Kier molecular flexibility index (Phi) is 2.95. The number of nitrogens with one attached hydrogen (secondary N) is 2. The average molecular weight is 197 g/mol. The highest BCUT2D eigenvalue weighted by Gasteiger charge is 2.04. The first kappa shape index (κ1) is 10.4. The van der Waals surface area contributed by atoms with Crippen LogP contribution in [0, 0.1) is 5.92 Å². The van der Waals surface area contributed by atoms with E-state index in [9.17, 15) is 4.79 Å². The quantitative estimate of drug-likeness (QED) is 0.545. The van der Waals surface area contributed by atoms with Crippen molar-refractivity contribution in [3.8, 4) is 0 Å². The zero-order valence-electron chi connectivity index (χ0n) is 8.29. The van der Waals surface area contributed by atoms with Gasteiger partial charge in [0.05, 0.1) is 0 Å². The van der Waals surface area contributed by atoms with Gasteiger partial charge in [-0.15, -0.1) is 0 Å². The van der Waals surface area contributed by atoms with Gasteiger partial charge < -0.3 is 16.8 Å². The van der Waals surface area contributed by atoms with Crippen LogP contribution in [0.25, 0.3) is 0 Å². The third kappa shape index (κ3) is 2.38. The summed E-state index contributed by atoms with van der Waals surface area (Å²) >= 11 is 0. The normalized spacial score (nSPS) is 10.5. The van der Waals surface area contributed by atoms with Crippen LogP contribution in [0.3, 0.4) is 0 Å². The van der Waals surface area contributed by atoms with Gasteiger partial charge in [-0.1, -0.05) is 13.8 Å². The Balaban J connectivity index is 2.85. The predicted octanol–water partition coefficient (Wildman–Crippen LogP) is 0.00220. The second-order valence-electron chi connectivity index (χ2n) is 3.49. The summed E-state index contributed by atoms with van der Waals surface area (Å²) in [5, 5.41) is 2.95. The molecule has 6 N–H and O–H groups in total. The van der Waals surface area contributed by atoms with E-state index in [4.69, 9.17) is 11.5 Å². The number of nitrogens with zero attached hydrogens (tertiary/aromatic N) is 1. The maximum absolute atomic E-state index is 11.2. The number of aromatic nitrogens is 2. The zero-order chi connectivity index (χ0) is 10.7. The summed E-state index contributed by atoms with van der Waals surface area (Å²) in [6.45, 7) is 4.81. The van der Waals surface area contributed by atoms with E-state index in [0.29, 0.717) is 18.4 Å². The van der Waals surface area contributed by atoms with E-state index in [0.717, 1.165) is 0 Å². The molecule has 0 radical (unpaired) electrons. The molecule has 14 heavy (non-hydrogen) atoms. The van der Waals surface area contributed by atoms with Gasteiger partial charge in [0.25, 0.3) is 5.56 Å². The average Bonchev–Trinajstić information content (AvgIpc) is 2.10. The van der Waals surface area contributed by atoms with Gasteiger partial charge in [-0.05, 0) is 5.92 Å². The maximum Gasteiger partial charge on any atom is 0.277 e. The molecule has 0 bridgehead atoms. The van der Waals surface area contributed by atoms with E-state index < -0.39 is 5.56 Å². The molecule has 0 aliphatic heterocycles. The number of nitrogen functional groups attached to an aromatic ring is 2. The fraction of sp³-hybridized carbons (Fsp3) is 0.500. The topological polar surface area (TPSA) is 110 Å². The van der Waals surface area contributed by atoms with Crippen LogP contribution in [0.1, 0.15) is 13.8 Å². The summed E-state index contributed by atoms with van der Waals surface area (Å²) in [5.74, 6) is 0.870. The smallest absolute Gasteiger partial charge is 0.277 e. The molecule has 1 heterocycles. The Bertz CT molecular complexity index is 370. The van der Waals surface area contributed by atoms with Crippen LogP contribution in [0.5, 0.6) is 0 Å². The lowest BCUT2D eigenvalue weighted by Gasteiger charge is -2.08. The molecule has 0 aliphatic rings. The van der Waals surface area contributed by atoms with Gasteiger partial charge in [0, 0.05) is 6.54 Å². The summed E-state index contributed by atoms with van der Waals surface area (Å²) < 4.78 is 0. The summed E-state index contributed by atoms with van der Waals surface area (Å²) in [6.07, 6.45) is 0. The Labute approximate surface area is 81.7 Å². The molecule has 0 amide bonds. The number of hydrogen-bond acceptors (Lipinski definition) is 5. The van der Waals surface area contributed by atoms with Crippen molar-refractivity contribution >= 4 is 17.5 Å². The van der Waals surface area contributed by atoms with E-state index in [2.05, 4.69) is 15.3 Å². The van der Waals surface area contributed by atoms with Crippen molar-refractivity contribution in [2.24, 2.45) is 5.92 Å². The minimum atomic E-state index is -0.413. The zero-order valence-corrected chi connectivity index (χ0v) is 8.29. The van der Waals surface area contributed by atoms with Gasteiger partial charge in [-0.2, -0.15) is 4.98 Å². The van der Waals surface area contributed by atoms with Crippen LogP contribution in [-0.4, -0.2) is 16.5 Å². The minimum absolute atomic E-state index is 0.0416. The number of anilines is 3. The number of aromatic amines is 1. The molecular weight excluding hydrogens is 182 g/mol. The summed E-state index contributed by atoms with van der Waals surface area (Å²) in [7, 11) is 0. The van der Waals surface area contributed by atoms with Crippen molar-refractivity contribution < 1.29 is 0 Å². The maximum atomic E-state index is 11.2. The minimum Gasteiger partial charge on any atom is -0.391 e. The summed E-state index contributed by atoms with van der Waals surface area (Å²) in [5.41, 5.74) is 10.3. The fourth-order valence-electron chi connectivity index (χ4n) is 0.884. The van der Waals surface area contributed by atoms with Gasteiger partial charge in [-0.3, -0.25) is 9.78 Å². The molecule has 0 spiro atoms. The molecule has 6 heteroatoms. The lowest BCUT2D eigenvalue weighted by molar-refractivity contribution is 0.684. The molecule has 0 aromatic carbocycles. The molecule has 0 aliphatic carbocycles. The van der Waals surface area contributed by atoms with Crippen LogP contribution in [0.15, 0.2) is 4.79 Å². The first-order valence-electron chi connectivity index (χ1n) is 4.40. The fourth-order valence-corrected chi connectivity index (χ4v) is 0.884. The van der Waals surface area contributed by atoms with Crippen molar-refractivity contribution in [2.75, 3.05) is 23.3 Å². The van der Waals surface area contributed by atoms with Crippen LogP contribution < -0.4 is 22.3 Å². The van der Waals surface area contributed by atoms with E-state index >= 15 is 0 Å². The van der Waals surface area contributed by atoms with Crippen molar-refractivity contribution in [2.45, 2.75) is 13.8 Å². The second-order valence-corrected chi connectivity index (χ2v) is 3.49. The van der Waals surface area contributed by atoms with Crippen LogP contribution >= 0.6 is 0 Å². The molecule has 0 saturated heterocycles. The molecule has 1 rings (SSSR count). The Hall–Kier alpha value is -1.72. The summed E-state index contributed by atoms with van der Waals surface area (Å²) in [6, 6.07) is 0. The van der Waals surface area contributed by atoms with Crippen LogP contribution in [-0.2, 0) is 0 Å². The highest BCUT2D eigenvalue weighted by Crippen LogP contribution is 2.06. The number of hydrogen-bond donors (Lipinski definition) is 4. The van der Waals surface area contributed by atoms with Gasteiger partial charge in [0.1, 0.15) is 5.69 Å². The van der Waals surface area contributed by atoms with Crippen molar-refractivity contribution in [3.63, 3.8) is 0 Å². The van der Waals surface area contributed by atoms with Crippen molar-refractivity contribution in [1.82, 2.24) is 9.97 Å². The first-order chi connectivity index (χ1) is 6.50.